The molecule has 0 aliphatic carbocycles. The van der Waals surface area contributed by atoms with E-state index in [-0.39, 0.29) is 29.0 Å². The minimum Gasteiger partial charge on any atom is -0.504 e. The van der Waals surface area contributed by atoms with Gasteiger partial charge in [0.15, 0.2) is 11.5 Å². The predicted octanol–water partition coefficient (Wildman–Crippen LogP) is 1.51. The lowest BCUT2D eigenvalue weighted by molar-refractivity contribution is -0.160. The molecule has 3 saturated heterocycles. The highest BCUT2D eigenvalue weighted by molar-refractivity contribution is 5.94. The minimum atomic E-state index is -0.0997. The Hall–Kier alpha value is -2.61. The fourth-order valence-electron chi connectivity index (χ4n) is 5.22. The van der Waals surface area contributed by atoms with Gasteiger partial charge in [-0.3, -0.25) is 14.6 Å². The molecule has 1 unspecified atom stereocenters. The standard InChI is InChI=1S/C23H27N3O4/c27-20-7-6-17(10-21(20)28)11-24-14-23(15-24)16-25(12-19-13-30-9-8-26(19)23)22(29)18-4-2-1-3-5-18/h1-7,10,19,27-28H,8-9,11-16H2. The smallest absolute Gasteiger partial charge is 0.253 e. The molecule has 30 heavy (non-hydrogen) atoms. The van der Waals surface area contributed by atoms with E-state index in [0.29, 0.717) is 26.2 Å². The van der Waals surface area contributed by atoms with Crippen molar-refractivity contribution in [1.82, 2.24) is 14.7 Å². The number of hydrogen-bond acceptors (Lipinski definition) is 6. The molecule has 1 amide bonds. The summed E-state index contributed by atoms with van der Waals surface area (Å²) in [6.07, 6.45) is 0. The van der Waals surface area contributed by atoms with Crippen LogP contribution in [0.2, 0.25) is 0 Å². The Labute approximate surface area is 176 Å². The molecule has 1 atom stereocenters. The first-order valence-corrected chi connectivity index (χ1v) is 10.5. The lowest BCUT2D eigenvalue weighted by atomic mass is 9.82. The fourth-order valence-corrected chi connectivity index (χ4v) is 5.22. The third kappa shape index (κ3) is 3.43. The lowest BCUT2D eigenvalue weighted by Crippen LogP contribution is -2.80. The van der Waals surface area contributed by atoms with Crippen molar-refractivity contribution in [1.29, 1.82) is 0 Å². The molecular formula is C23H27N3O4. The van der Waals surface area contributed by atoms with Crippen LogP contribution in [0.25, 0.3) is 0 Å². The number of carbonyl (C=O) groups is 1. The van der Waals surface area contributed by atoms with Gasteiger partial charge in [0.2, 0.25) is 0 Å². The number of phenolic OH excluding ortho intramolecular Hbond substituents is 2. The highest BCUT2D eigenvalue weighted by Crippen LogP contribution is 2.37. The fraction of sp³-hybridized carbons (Fsp3) is 0.435. The van der Waals surface area contributed by atoms with Crippen LogP contribution in [0.3, 0.4) is 0 Å². The van der Waals surface area contributed by atoms with Crippen molar-refractivity contribution < 1.29 is 19.7 Å². The molecule has 158 valence electrons. The maximum Gasteiger partial charge on any atom is 0.253 e. The van der Waals surface area contributed by atoms with Crippen LogP contribution in [0.1, 0.15) is 15.9 Å². The second-order valence-electron chi connectivity index (χ2n) is 8.67. The highest BCUT2D eigenvalue weighted by Gasteiger charge is 2.54. The van der Waals surface area contributed by atoms with Crippen molar-refractivity contribution in [2.45, 2.75) is 18.1 Å². The van der Waals surface area contributed by atoms with Crippen LogP contribution in [0.15, 0.2) is 48.5 Å². The van der Waals surface area contributed by atoms with Gasteiger partial charge in [-0.15, -0.1) is 0 Å². The Balaban J connectivity index is 1.32. The molecule has 0 bridgehead atoms. The average molecular weight is 409 g/mol. The number of morpholine rings is 1. The van der Waals surface area contributed by atoms with E-state index in [1.54, 1.807) is 6.07 Å². The summed E-state index contributed by atoms with van der Waals surface area (Å²) in [6, 6.07) is 14.7. The van der Waals surface area contributed by atoms with E-state index >= 15 is 0 Å². The lowest BCUT2D eigenvalue weighted by Gasteiger charge is -2.63. The number of rotatable bonds is 3. The van der Waals surface area contributed by atoms with E-state index in [4.69, 9.17) is 4.74 Å². The van der Waals surface area contributed by atoms with E-state index in [1.807, 2.05) is 41.3 Å². The van der Waals surface area contributed by atoms with Gasteiger partial charge in [-0.25, -0.2) is 0 Å². The van der Waals surface area contributed by atoms with Crippen LogP contribution in [-0.2, 0) is 11.3 Å². The van der Waals surface area contributed by atoms with Crippen LogP contribution in [0.5, 0.6) is 11.5 Å². The Kier molecular flexibility index (Phi) is 4.89. The van der Waals surface area contributed by atoms with Crippen molar-refractivity contribution >= 4 is 5.91 Å². The number of amides is 1. The summed E-state index contributed by atoms with van der Waals surface area (Å²) in [4.78, 5) is 20.0. The summed E-state index contributed by atoms with van der Waals surface area (Å²) in [5.74, 6) is -0.104. The van der Waals surface area contributed by atoms with E-state index in [2.05, 4.69) is 9.80 Å². The molecule has 0 saturated carbocycles. The van der Waals surface area contributed by atoms with Gasteiger partial charge >= 0.3 is 0 Å². The molecule has 7 heteroatoms. The number of hydrogen-bond donors (Lipinski definition) is 2. The summed E-state index contributed by atoms with van der Waals surface area (Å²) < 4.78 is 5.74. The highest BCUT2D eigenvalue weighted by atomic mass is 16.5. The maximum absolute atomic E-state index is 13.1. The molecule has 0 radical (unpaired) electrons. The van der Waals surface area contributed by atoms with Crippen molar-refractivity contribution in [3.63, 3.8) is 0 Å². The number of fused-ring (bicyclic) bond motifs is 2. The Bertz CT molecular complexity index is 929. The number of piperazine rings is 1. The van der Waals surface area contributed by atoms with Crippen LogP contribution in [0.4, 0.5) is 0 Å². The molecule has 5 rings (SSSR count). The number of phenols is 2. The normalized spacial score (nSPS) is 23.7. The molecule has 7 nitrogen and oxygen atoms in total. The number of benzene rings is 2. The second kappa shape index (κ2) is 7.58. The zero-order valence-electron chi connectivity index (χ0n) is 16.9. The number of ether oxygens (including phenoxy) is 1. The van der Waals surface area contributed by atoms with Crippen molar-refractivity contribution in [2.24, 2.45) is 0 Å². The monoisotopic (exact) mass is 409 g/mol. The summed E-state index contributed by atoms with van der Waals surface area (Å²) in [5, 5.41) is 19.3. The Morgan fingerprint density at radius 1 is 1.07 bits per heavy atom. The van der Waals surface area contributed by atoms with Gasteiger partial charge in [0, 0.05) is 44.8 Å². The van der Waals surface area contributed by atoms with Crippen molar-refractivity contribution in [3.8, 4) is 11.5 Å². The van der Waals surface area contributed by atoms with Gasteiger partial charge in [0.25, 0.3) is 5.91 Å². The number of nitrogens with zero attached hydrogens (tertiary/aromatic N) is 3. The van der Waals surface area contributed by atoms with Crippen molar-refractivity contribution in [2.75, 3.05) is 45.9 Å². The SMILES string of the molecule is O=C(c1ccccc1)N1CC2COCCN2C2(CN(Cc3ccc(O)c(O)c3)C2)C1. The third-order valence-electron chi connectivity index (χ3n) is 6.54. The molecule has 3 aliphatic rings. The molecule has 0 aromatic heterocycles. The summed E-state index contributed by atoms with van der Waals surface area (Å²) >= 11 is 0. The van der Waals surface area contributed by atoms with E-state index in [0.717, 1.165) is 37.4 Å². The Morgan fingerprint density at radius 3 is 2.63 bits per heavy atom. The Morgan fingerprint density at radius 2 is 1.87 bits per heavy atom. The van der Waals surface area contributed by atoms with Gasteiger partial charge in [-0.1, -0.05) is 24.3 Å². The summed E-state index contributed by atoms with van der Waals surface area (Å²) in [5.41, 5.74) is 1.64. The van der Waals surface area contributed by atoms with E-state index in [9.17, 15) is 15.0 Å². The zero-order valence-corrected chi connectivity index (χ0v) is 16.9. The number of likely N-dealkylation sites (tertiary alicyclic amines) is 1. The first kappa shape index (κ1) is 19.4. The van der Waals surface area contributed by atoms with Gasteiger partial charge in [0.05, 0.1) is 24.8 Å². The molecule has 2 N–H and O–H groups in total. The molecule has 2 aromatic rings. The minimum absolute atomic E-state index is 0.0594. The topological polar surface area (TPSA) is 76.5 Å². The zero-order chi connectivity index (χ0) is 20.7. The van der Waals surface area contributed by atoms with Crippen molar-refractivity contribution in [3.05, 3.63) is 59.7 Å². The quantitative estimate of drug-likeness (QED) is 0.749. The molecule has 3 aliphatic heterocycles. The maximum atomic E-state index is 13.1. The van der Waals surface area contributed by atoms with Gasteiger partial charge in [-0.2, -0.15) is 0 Å². The summed E-state index contributed by atoms with van der Waals surface area (Å²) in [6.45, 7) is 6.13. The molecule has 2 aromatic carbocycles. The summed E-state index contributed by atoms with van der Waals surface area (Å²) in [7, 11) is 0. The molecule has 1 spiro atoms. The first-order chi connectivity index (χ1) is 14.5. The van der Waals surface area contributed by atoms with Gasteiger partial charge in [0.1, 0.15) is 0 Å². The van der Waals surface area contributed by atoms with Crippen LogP contribution in [-0.4, -0.2) is 88.3 Å². The number of aromatic hydroxyl groups is 2. The van der Waals surface area contributed by atoms with Crippen LogP contribution < -0.4 is 0 Å². The van der Waals surface area contributed by atoms with E-state index < -0.39 is 0 Å². The number of carbonyl (C=O) groups excluding carboxylic acids is 1. The average Bonchev–Trinajstić information content (AvgIpc) is 2.75. The van der Waals surface area contributed by atoms with Gasteiger partial charge < -0.3 is 19.8 Å². The molecule has 3 fully saturated rings. The second-order valence-corrected chi connectivity index (χ2v) is 8.67. The molecule has 3 heterocycles. The predicted molar refractivity (Wildman–Crippen MR) is 111 cm³/mol. The first-order valence-electron chi connectivity index (χ1n) is 10.5. The third-order valence-corrected chi connectivity index (χ3v) is 6.54. The van der Waals surface area contributed by atoms with Crippen LogP contribution in [0, 0.1) is 0 Å². The van der Waals surface area contributed by atoms with E-state index in [1.165, 1.54) is 6.07 Å². The molecular weight excluding hydrogens is 382 g/mol. The largest absolute Gasteiger partial charge is 0.504 e. The van der Waals surface area contributed by atoms with Gasteiger partial charge in [-0.05, 0) is 29.8 Å². The van der Waals surface area contributed by atoms with Crippen LogP contribution >= 0.6 is 0 Å².